The number of carboxylic acids is 1. The Kier molecular flexibility index (Phi) is 11.6. The predicted octanol–water partition coefficient (Wildman–Crippen LogP) is -4.69. The summed E-state index contributed by atoms with van der Waals surface area (Å²) in [5.74, 6) is -3.36. The van der Waals surface area contributed by atoms with Crippen LogP contribution in [0.25, 0.3) is 0 Å². The van der Waals surface area contributed by atoms with Crippen LogP contribution in [0.4, 0.5) is 0 Å². The number of aliphatic carboxylic acids is 1. The van der Waals surface area contributed by atoms with E-state index in [2.05, 4.69) is 5.32 Å². The molecule has 0 saturated carbocycles. The largest absolute Gasteiger partial charge is 1.00 e. The number of carbonyl (C=O) groups is 5. The number of carboxylic acid groups (broad SMARTS) is 1. The second-order valence-electron chi connectivity index (χ2n) is 4.73. The molecule has 2 N–H and O–H groups in total. The van der Waals surface area contributed by atoms with Crippen molar-refractivity contribution in [2.75, 3.05) is 19.6 Å². The van der Waals surface area contributed by atoms with Gasteiger partial charge in [-0.05, 0) is 0 Å². The van der Waals surface area contributed by atoms with Crippen LogP contribution in [0.2, 0.25) is 0 Å². The van der Waals surface area contributed by atoms with Crippen molar-refractivity contribution in [3.05, 3.63) is 35.9 Å². The summed E-state index contributed by atoms with van der Waals surface area (Å²) in [7, 11) is 0. The van der Waals surface area contributed by atoms with Gasteiger partial charge in [-0.2, -0.15) is 0 Å². The fourth-order valence-electron chi connectivity index (χ4n) is 1.53. The fraction of sp³-hybridized carbons (Fsp3) is 0.267. The molecule has 134 valence electrons. The second kappa shape index (κ2) is 12.5. The third-order valence-corrected chi connectivity index (χ3v) is 3.73. The minimum absolute atomic E-state index is 0. The molecule has 0 saturated heterocycles. The van der Waals surface area contributed by atoms with Crippen molar-refractivity contribution in [3.8, 4) is 0 Å². The third-order valence-electron chi connectivity index (χ3n) is 2.72. The third kappa shape index (κ3) is 9.56. The average Bonchev–Trinajstić information content (AvgIpc) is 2.58. The van der Waals surface area contributed by atoms with Crippen molar-refractivity contribution in [2.24, 2.45) is 0 Å². The number of amides is 3. The summed E-state index contributed by atoms with van der Waals surface area (Å²) in [6.07, 6.45) is 0. The first-order valence-corrected chi connectivity index (χ1v) is 7.85. The van der Waals surface area contributed by atoms with E-state index in [0.717, 1.165) is 4.31 Å². The number of hydrogen-bond acceptors (Lipinski definition) is 7. The van der Waals surface area contributed by atoms with Crippen molar-refractivity contribution in [3.63, 3.8) is 0 Å². The van der Waals surface area contributed by atoms with Gasteiger partial charge in [-0.1, -0.05) is 30.3 Å². The van der Waals surface area contributed by atoms with E-state index < -0.39 is 48.4 Å². The average molecular weight is 389 g/mol. The Morgan fingerprint density at radius 3 is 2.12 bits per heavy atom. The number of nitrogens with one attached hydrogen (secondary N) is 2. The molecule has 0 unspecified atom stereocenters. The van der Waals surface area contributed by atoms with E-state index >= 15 is 0 Å². The number of rotatable bonds is 7. The molecule has 1 rings (SSSR count). The maximum Gasteiger partial charge on any atom is 1.00 e. The monoisotopic (exact) mass is 389 g/mol. The molecule has 3 amide bonds. The molecule has 26 heavy (non-hydrogen) atoms. The zero-order valence-corrected chi connectivity index (χ0v) is 17.1. The molecular weight excluding hydrogens is 373 g/mol. The van der Waals surface area contributed by atoms with E-state index in [9.17, 15) is 29.1 Å². The Hall–Kier alpha value is -1.88. The minimum atomic E-state index is -1.46. The summed E-state index contributed by atoms with van der Waals surface area (Å²) >= 11 is 0.580. The van der Waals surface area contributed by atoms with Gasteiger partial charge < -0.3 is 20.5 Å². The normalized spacial score (nSPS) is 9.42. The smallest absolute Gasteiger partial charge is 0.548 e. The van der Waals surface area contributed by atoms with Crippen molar-refractivity contribution >= 4 is 40.8 Å². The molecule has 0 aromatic heterocycles. The summed E-state index contributed by atoms with van der Waals surface area (Å²) in [6, 6.07) is 8.24. The minimum Gasteiger partial charge on any atom is -0.548 e. The molecule has 0 atom stereocenters. The van der Waals surface area contributed by atoms with Crippen LogP contribution in [0.1, 0.15) is 17.3 Å². The van der Waals surface area contributed by atoms with E-state index in [4.69, 9.17) is 0 Å². The van der Waals surface area contributed by atoms with Crippen LogP contribution in [0, 0.1) is 0 Å². The fourth-order valence-corrected chi connectivity index (χ4v) is 2.29. The van der Waals surface area contributed by atoms with Crippen molar-refractivity contribution in [1.82, 2.24) is 14.9 Å². The van der Waals surface area contributed by atoms with Crippen LogP contribution < -0.4 is 45.3 Å². The van der Waals surface area contributed by atoms with Gasteiger partial charge in [0.1, 0.15) is 6.54 Å². The quantitative estimate of drug-likeness (QED) is 0.353. The maximum atomic E-state index is 12.1. The van der Waals surface area contributed by atoms with E-state index in [1.54, 1.807) is 30.3 Å². The number of carbonyl (C=O) groups excluding carboxylic acids is 5. The Balaban J connectivity index is 0.00000625. The molecule has 0 radical (unpaired) electrons. The van der Waals surface area contributed by atoms with Gasteiger partial charge in [-0.25, -0.2) is 0 Å². The van der Waals surface area contributed by atoms with E-state index in [1.807, 2.05) is 5.32 Å². The molecule has 1 aromatic rings. The van der Waals surface area contributed by atoms with E-state index in [-0.39, 0.29) is 29.6 Å². The van der Waals surface area contributed by atoms with Gasteiger partial charge in [0.05, 0.1) is 19.1 Å². The molecule has 0 bridgehead atoms. The van der Waals surface area contributed by atoms with Gasteiger partial charge in [0.15, 0.2) is 0 Å². The van der Waals surface area contributed by atoms with Crippen LogP contribution in [-0.4, -0.2) is 52.7 Å². The topological polar surface area (TPSA) is 136 Å². The first-order valence-electron chi connectivity index (χ1n) is 7.08. The van der Waals surface area contributed by atoms with Crippen LogP contribution in [0.15, 0.2) is 30.3 Å². The standard InChI is InChI=1S/C15H17N3O6S.Na/c1-10(19)18(25-15(24)11-5-3-2-4-6-11)9-13(21)16-7-12(20)17-8-14(22)23;/h2-6H,7-9H2,1H3,(H,16,21)(H,17,20)(H,22,23);/q;+1/p-1. The van der Waals surface area contributed by atoms with Crippen LogP contribution >= 0.6 is 11.9 Å². The molecule has 1 aromatic carbocycles. The number of benzene rings is 1. The Bertz CT molecular complexity index is 671. The van der Waals surface area contributed by atoms with Crippen LogP contribution in [0.5, 0.6) is 0 Å². The summed E-state index contributed by atoms with van der Waals surface area (Å²) in [5.41, 5.74) is 0.376. The SMILES string of the molecule is CC(=O)N(CC(=O)NCC(=O)NCC(=O)[O-])SC(=O)c1ccccc1.[Na+]. The Labute approximate surface area is 176 Å². The summed E-state index contributed by atoms with van der Waals surface area (Å²) in [4.78, 5) is 56.9. The molecule has 9 nitrogen and oxygen atoms in total. The Morgan fingerprint density at radius 1 is 1.00 bits per heavy atom. The number of nitrogens with zero attached hydrogens (tertiary/aromatic N) is 1. The zero-order valence-electron chi connectivity index (χ0n) is 14.3. The van der Waals surface area contributed by atoms with Gasteiger partial charge in [0.25, 0.3) is 0 Å². The predicted molar refractivity (Wildman–Crippen MR) is 86.8 cm³/mol. The zero-order chi connectivity index (χ0) is 18.8. The van der Waals surface area contributed by atoms with Crippen molar-refractivity contribution < 1.29 is 58.6 Å². The molecule has 0 aliphatic rings. The van der Waals surface area contributed by atoms with Crippen LogP contribution in [-0.2, 0) is 19.2 Å². The summed E-state index contributed by atoms with van der Waals surface area (Å²) in [6.45, 7) is -0.373. The molecule has 0 spiro atoms. The van der Waals surface area contributed by atoms with Gasteiger partial charge in [-0.3, -0.25) is 23.5 Å². The van der Waals surface area contributed by atoms with E-state index in [0.29, 0.717) is 17.5 Å². The summed E-state index contributed by atoms with van der Waals surface area (Å²) in [5, 5.41) is 14.0. The first-order chi connectivity index (χ1) is 11.8. The molecule has 0 aliphatic heterocycles. The van der Waals surface area contributed by atoms with E-state index in [1.165, 1.54) is 6.92 Å². The molecular formula is C15H16N3NaO6S. The van der Waals surface area contributed by atoms with Crippen molar-refractivity contribution in [2.45, 2.75) is 6.92 Å². The number of hydrogen-bond donors (Lipinski definition) is 2. The summed E-state index contributed by atoms with van der Waals surface area (Å²) < 4.78 is 0.962. The van der Waals surface area contributed by atoms with Gasteiger partial charge in [0, 0.05) is 24.4 Å². The van der Waals surface area contributed by atoms with Crippen molar-refractivity contribution in [1.29, 1.82) is 0 Å². The van der Waals surface area contributed by atoms with Crippen LogP contribution in [0.3, 0.4) is 0 Å². The van der Waals surface area contributed by atoms with Gasteiger partial charge in [-0.15, -0.1) is 0 Å². The molecule has 0 aliphatic carbocycles. The van der Waals surface area contributed by atoms with Gasteiger partial charge >= 0.3 is 29.6 Å². The van der Waals surface area contributed by atoms with Gasteiger partial charge in [0.2, 0.25) is 22.8 Å². The molecule has 0 fully saturated rings. The maximum absolute atomic E-state index is 12.1. The second-order valence-corrected chi connectivity index (χ2v) is 5.72. The first kappa shape index (κ1) is 24.1. The molecule has 0 heterocycles. The molecule has 11 heteroatoms. The Morgan fingerprint density at radius 2 is 1.58 bits per heavy atom.